The van der Waals surface area contributed by atoms with E-state index in [1.807, 2.05) is 19.1 Å². The van der Waals surface area contributed by atoms with Crippen molar-refractivity contribution in [2.45, 2.75) is 6.92 Å². The molecule has 0 saturated carbocycles. The quantitative estimate of drug-likeness (QED) is 0.519. The molecule has 2 N–H and O–H groups in total. The number of carbonyl (C=O) groups is 2. The number of carbonyl (C=O) groups excluding carboxylic acids is 2. The average molecular weight is 375 g/mol. The van der Waals surface area contributed by atoms with Gasteiger partial charge in [-0.15, -0.1) is 0 Å². The molecule has 3 aromatic carbocycles. The molecular weight excluding hydrogens is 357 g/mol. The summed E-state index contributed by atoms with van der Waals surface area (Å²) in [6, 6.07) is 19.8. The second-order valence-corrected chi connectivity index (χ2v) is 6.07. The summed E-state index contributed by atoms with van der Waals surface area (Å²) in [7, 11) is 0. The van der Waals surface area contributed by atoms with Crippen LogP contribution in [-0.4, -0.2) is 18.0 Å². The van der Waals surface area contributed by atoms with Gasteiger partial charge < -0.3 is 5.32 Å². The minimum Gasteiger partial charge on any atom is -0.322 e. The van der Waals surface area contributed by atoms with Gasteiger partial charge in [-0.25, -0.2) is 9.82 Å². The molecule has 0 aliphatic heterocycles. The zero-order valence-electron chi connectivity index (χ0n) is 15.1. The minimum absolute atomic E-state index is 0.218. The average Bonchev–Trinajstić information content (AvgIpc) is 2.70. The third kappa shape index (κ3) is 4.67. The van der Waals surface area contributed by atoms with Crippen molar-refractivity contribution in [1.82, 2.24) is 5.43 Å². The van der Waals surface area contributed by atoms with E-state index in [0.717, 1.165) is 5.56 Å². The van der Waals surface area contributed by atoms with Crippen LogP contribution in [0, 0.1) is 12.7 Å². The van der Waals surface area contributed by atoms with Crippen LogP contribution in [0.25, 0.3) is 0 Å². The van der Waals surface area contributed by atoms with Gasteiger partial charge in [0.1, 0.15) is 5.82 Å². The Morgan fingerprint density at radius 3 is 2.29 bits per heavy atom. The zero-order chi connectivity index (χ0) is 19.9. The molecule has 2 amide bonds. The summed E-state index contributed by atoms with van der Waals surface area (Å²) in [6.07, 6.45) is 1.24. The second kappa shape index (κ2) is 8.73. The van der Waals surface area contributed by atoms with Crippen molar-refractivity contribution >= 4 is 23.7 Å². The van der Waals surface area contributed by atoms with Gasteiger partial charge in [0, 0.05) is 22.4 Å². The van der Waals surface area contributed by atoms with Gasteiger partial charge in [-0.1, -0.05) is 36.4 Å². The molecule has 5 nitrogen and oxygen atoms in total. The number of anilines is 1. The van der Waals surface area contributed by atoms with Crippen molar-refractivity contribution in [2.24, 2.45) is 5.10 Å². The predicted octanol–water partition coefficient (Wildman–Crippen LogP) is 4.15. The number of nitrogens with zero attached hydrogens (tertiary/aromatic N) is 1. The van der Waals surface area contributed by atoms with Gasteiger partial charge in [-0.2, -0.15) is 5.10 Å². The molecule has 0 fully saturated rings. The lowest BCUT2D eigenvalue weighted by molar-refractivity contribution is 0.0954. The molecule has 0 aliphatic rings. The molecule has 0 spiro atoms. The van der Waals surface area contributed by atoms with E-state index in [2.05, 4.69) is 15.8 Å². The van der Waals surface area contributed by atoms with E-state index in [1.165, 1.54) is 12.3 Å². The Labute approximate surface area is 161 Å². The molecule has 0 unspecified atom stereocenters. The number of aryl methyl sites for hydroxylation is 1. The Morgan fingerprint density at radius 2 is 1.57 bits per heavy atom. The third-order valence-corrected chi connectivity index (χ3v) is 4.07. The topological polar surface area (TPSA) is 70.6 Å². The zero-order valence-corrected chi connectivity index (χ0v) is 15.1. The molecule has 140 valence electrons. The Balaban J connectivity index is 1.61. The first kappa shape index (κ1) is 19.0. The van der Waals surface area contributed by atoms with Crippen LogP contribution in [0.2, 0.25) is 0 Å². The predicted molar refractivity (Wildman–Crippen MR) is 107 cm³/mol. The number of hydrogen-bond donors (Lipinski definition) is 2. The Morgan fingerprint density at radius 1 is 0.893 bits per heavy atom. The molecule has 0 bridgehead atoms. The number of halogens is 1. The van der Waals surface area contributed by atoms with E-state index < -0.39 is 11.7 Å². The fourth-order valence-corrected chi connectivity index (χ4v) is 2.54. The van der Waals surface area contributed by atoms with E-state index in [-0.39, 0.29) is 11.5 Å². The van der Waals surface area contributed by atoms with Crippen LogP contribution < -0.4 is 10.7 Å². The van der Waals surface area contributed by atoms with Crippen molar-refractivity contribution < 1.29 is 14.0 Å². The number of nitrogens with one attached hydrogen (secondary N) is 2. The molecule has 0 saturated heterocycles. The summed E-state index contributed by atoms with van der Waals surface area (Å²) >= 11 is 0. The van der Waals surface area contributed by atoms with E-state index in [9.17, 15) is 14.0 Å². The lowest BCUT2D eigenvalue weighted by atomic mass is 10.1. The second-order valence-electron chi connectivity index (χ2n) is 6.07. The van der Waals surface area contributed by atoms with Crippen LogP contribution in [-0.2, 0) is 0 Å². The number of hydrazone groups is 1. The highest BCUT2D eigenvalue weighted by Gasteiger charge is 2.09. The highest BCUT2D eigenvalue weighted by Crippen LogP contribution is 2.13. The highest BCUT2D eigenvalue weighted by molar-refractivity contribution is 6.05. The molecule has 0 heterocycles. The maximum Gasteiger partial charge on any atom is 0.271 e. The summed E-state index contributed by atoms with van der Waals surface area (Å²) in [5.41, 5.74) is 5.02. The maximum absolute atomic E-state index is 13.5. The standard InChI is InChI=1S/C22H18FN3O2/c1-15-6-2-4-8-19(15)22(28)25-18-12-10-16(11-13-18)21(27)26-24-14-17-7-3-5-9-20(17)23/h2-14H,1H3,(H,25,28)(H,26,27). The molecule has 0 radical (unpaired) electrons. The first-order valence-electron chi connectivity index (χ1n) is 8.59. The van der Waals surface area contributed by atoms with Crippen LogP contribution in [0.4, 0.5) is 10.1 Å². The van der Waals surface area contributed by atoms with Crippen molar-refractivity contribution in [3.8, 4) is 0 Å². The fourth-order valence-electron chi connectivity index (χ4n) is 2.54. The smallest absolute Gasteiger partial charge is 0.271 e. The molecule has 0 aromatic heterocycles. The molecule has 6 heteroatoms. The van der Waals surface area contributed by atoms with E-state index in [4.69, 9.17) is 0 Å². The van der Waals surface area contributed by atoms with Crippen molar-refractivity contribution in [2.75, 3.05) is 5.32 Å². The molecule has 0 atom stereocenters. The Kier molecular flexibility index (Phi) is 5.91. The first-order valence-corrected chi connectivity index (χ1v) is 8.59. The van der Waals surface area contributed by atoms with Gasteiger partial charge in [-0.3, -0.25) is 9.59 Å². The van der Waals surface area contributed by atoms with Gasteiger partial charge >= 0.3 is 0 Å². The van der Waals surface area contributed by atoms with Gasteiger partial charge in [0.15, 0.2) is 0 Å². The SMILES string of the molecule is Cc1ccccc1C(=O)Nc1ccc(C(=O)NN=Cc2ccccc2F)cc1. The van der Waals surface area contributed by atoms with Crippen molar-refractivity contribution in [3.05, 3.63) is 101 Å². The lowest BCUT2D eigenvalue weighted by Crippen LogP contribution is -2.18. The molecule has 3 rings (SSSR count). The maximum atomic E-state index is 13.5. The largest absolute Gasteiger partial charge is 0.322 e. The summed E-state index contributed by atoms with van der Waals surface area (Å²) in [6.45, 7) is 1.87. The summed E-state index contributed by atoms with van der Waals surface area (Å²) in [4.78, 5) is 24.4. The van der Waals surface area contributed by atoms with Gasteiger partial charge in [0.25, 0.3) is 11.8 Å². The fraction of sp³-hybridized carbons (Fsp3) is 0.0455. The normalized spacial score (nSPS) is 10.6. The summed E-state index contributed by atoms with van der Waals surface area (Å²) in [5.74, 6) is -1.08. The number of amides is 2. The van der Waals surface area contributed by atoms with Gasteiger partial charge in [0.2, 0.25) is 0 Å². The van der Waals surface area contributed by atoms with Crippen LogP contribution in [0.5, 0.6) is 0 Å². The molecule has 28 heavy (non-hydrogen) atoms. The third-order valence-electron chi connectivity index (χ3n) is 4.07. The van der Waals surface area contributed by atoms with Gasteiger partial charge in [0.05, 0.1) is 6.21 Å². The number of hydrogen-bond acceptors (Lipinski definition) is 3. The first-order chi connectivity index (χ1) is 13.5. The van der Waals surface area contributed by atoms with E-state index in [0.29, 0.717) is 16.8 Å². The summed E-state index contributed by atoms with van der Waals surface area (Å²) < 4.78 is 13.5. The molecular formula is C22H18FN3O2. The Hall–Kier alpha value is -3.80. The summed E-state index contributed by atoms with van der Waals surface area (Å²) in [5, 5.41) is 6.56. The van der Waals surface area contributed by atoms with Crippen LogP contribution in [0.1, 0.15) is 31.8 Å². The minimum atomic E-state index is -0.440. The number of benzene rings is 3. The van der Waals surface area contributed by atoms with Crippen LogP contribution >= 0.6 is 0 Å². The van der Waals surface area contributed by atoms with Gasteiger partial charge in [-0.05, 0) is 48.9 Å². The molecule has 0 aliphatic carbocycles. The van der Waals surface area contributed by atoms with E-state index in [1.54, 1.807) is 54.6 Å². The van der Waals surface area contributed by atoms with E-state index >= 15 is 0 Å². The lowest BCUT2D eigenvalue weighted by Gasteiger charge is -2.08. The molecule has 3 aromatic rings. The number of rotatable bonds is 5. The van der Waals surface area contributed by atoms with Crippen molar-refractivity contribution in [3.63, 3.8) is 0 Å². The van der Waals surface area contributed by atoms with Crippen LogP contribution in [0.15, 0.2) is 77.9 Å². The van der Waals surface area contributed by atoms with Crippen molar-refractivity contribution in [1.29, 1.82) is 0 Å². The highest BCUT2D eigenvalue weighted by atomic mass is 19.1. The Bertz CT molecular complexity index is 1030. The van der Waals surface area contributed by atoms with Crippen LogP contribution in [0.3, 0.4) is 0 Å². The monoisotopic (exact) mass is 375 g/mol.